The molecule has 13 heteroatoms. The van der Waals surface area contributed by atoms with E-state index in [4.69, 9.17) is 8.83 Å². The van der Waals surface area contributed by atoms with Gasteiger partial charge in [-0.15, -0.1) is 47.0 Å². The van der Waals surface area contributed by atoms with Gasteiger partial charge in [-0.1, -0.05) is 0 Å². The molecule has 0 fully saturated rings. The molecular formula is C32H22FeO8S4. The Kier molecular flexibility index (Phi) is 11.1. The van der Waals surface area contributed by atoms with Gasteiger partial charge in [-0.3, -0.25) is 9.59 Å². The molecule has 0 bridgehead atoms. The van der Waals surface area contributed by atoms with E-state index in [-0.39, 0.29) is 49.8 Å². The van der Waals surface area contributed by atoms with Crippen molar-refractivity contribution in [1.82, 2.24) is 0 Å². The van der Waals surface area contributed by atoms with Gasteiger partial charge in [0.05, 0.1) is 43.3 Å². The van der Waals surface area contributed by atoms with Crippen molar-refractivity contribution >= 4 is 103 Å². The first-order valence-electron chi connectivity index (χ1n) is 12.8. The molecule has 4 aromatic carbocycles. The molecule has 230 valence electrons. The summed E-state index contributed by atoms with van der Waals surface area (Å²) >= 11 is 6.08. The molecule has 6 rings (SSSR count). The van der Waals surface area contributed by atoms with Crippen LogP contribution in [0.5, 0.6) is 0 Å². The molecule has 0 saturated carbocycles. The van der Waals surface area contributed by atoms with Crippen molar-refractivity contribution in [1.29, 1.82) is 0 Å². The first-order valence-corrected chi connectivity index (χ1v) is 17.7. The van der Waals surface area contributed by atoms with Crippen molar-refractivity contribution in [3.8, 4) is 0 Å². The average molecular weight is 719 g/mol. The molecule has 0 aliphatic rings. The summed E-state index contributed by atoms with van der Waals surface area (Å²) in [6, 6.07) is 15.9. The average Bonchev–Trinajstić information content (AvgIpc) is 3.04. The molecule has 0 spiro atoms. The topological polar surface area (TPSA) is 141 Å². The van der Waals surface area contributed by atoms with E-state index in [1.807, 2.05) is 37.2 Å². The van der Waals surface area contributed by atoms with Gasteiger partial charge in [-0.2, -0.15) is 0 Å². The number of aromatic carboxylic acids is 2. The Bertz CT molecular complexity index is 2090. The normalized spacial score (nSPS) is 10.9. The van der Waals surface area contributed by atoms with Gasteiger partial charge in [0.25, 0.3) is 0 Å². The summed E-state index contributed by atoms with van der Waals surface area (Å²) in [5.74, 6) is -2.63. The molecule has 0 aliphatic heterocycles. The van der Waals surface area contributed by atoms with Crippen LogP contribution in [0.25, 0.3) is 43.9 Å². The molecule has 0 atom stereocenters. The summed E-state index contributed by atoms with van der Waals surface area (Å²) in [5, 5.41) is 23.4. The van der Waals surface area contributed by atoms with Crippen LogP contribution in [0.15, 0.2) is 98.7 Å². The van der Waals surface area contributed by atoms with Crippen LogP contribution in [-0.2, 0) is 17.1 Å². The number of hydrogen-bond donors (Lipinski definition) is 0. The molecule has 2 aromatic heterocycles. The minimum absolute atomic E-state index is 0. The number of rotatable bonds is 6. The molecule has 0 N–H and O–H groups in total. The fourth-order valence-electron chi connectivity index (χ4n) is 4.60. The van der Waals surface area contributed by atoms with Crippen LogP contribution in [0.4, 0.5) is 0 Å². The fourth-order valence-corrected chi connectivity index (χ4v) is 6.85. The predicted molar refractivity (Wildman–Crippen MR) is 176 cm³/mol. The summed E-state index contributed by atoms with van der Waals surface area (Å²) in [4.78, 5) is 51.0. The molecule has 0 aliphatic carbocycles. The van der Waals surface area contributed by atoms with Crippen molar-refractivity contribution in [2.24, 2.45) is 0 Å². The zero-order valence-corrected chi connectivity index (χ0v) is 28.4. The first kappa shape index (κ1) is 34.6. The van der Waals surface area contributed by atoms with E-state index >= 15 is 0 Å². The van der Waals surface area contributed by atoms with E-state index < -0.39 is 11.9 Å². The molecule has 8 nitrogen and oxygen atoms in total. The maximum absolute atomic E-state index is 12.7. The number of carboxylic acids is 2. The standard InChI is InChI=1S/2C16H12O4S2.Fe/c2*1-21-9-6-11-14(17)10-5-8(16(18)19)3-4-12(10)20-15(11)13(7-9)22-2;/h2*3-7H,1-2H3,(H,18,19);/q;;+2/p-2. The number of carboxylic acid groups (broad SMARTS) is 2. The van der Waals surface area contributed by atoms with Crippen LogP contribution in [0.2, 0.25) is 0 Å². The molecule has 0 saturated heterocycles. The van der Waals surface area contributed by atoms with Gasteiger partial charge >= 0.3 is 17.1 Å². The molecule has 45 heavy (non-hydrogen) atoms. The quantitative estimate of drug-likeness (QED) is 0.122. The van der Waals surface area contributed by atoms with Gasteiger partial charge in [0.1, 0.15) is 11.2 Å². The van der Waals surface area contributed by atoms with Crippen molar-refractivity contribution < 1.29 is 45.7 Å². The minimum atomic E-state index is -1.32. The summed E-state index contributed by atoms with van der Waals surface area (Å²) in [5.41, 5.74) is 1.27. The van der Waals surface area contributed by atoms with E-state index in [1.54, 1.807) is 12.1 Å². The summed E-state index contributed by atoms with van der Waals surface area (Å²) in [6.45, 7) is 0. The Hall–Kier alpha value is -3.32. The van der Waals surface area contributed by atoms with Crippen molar-refractivity contribution in [2.75, 3.05) is 25.0 Å². The van der Waals surface area contributed by atoms with Crippen LogP contribution in [0, 0.1) is 0 Å². The Labute approximate surface area is 283 Å². The second-order valence-corrected chi connectivity index (χ2v) is 12.7. The largest absolute Gasteiger partial charge is 2.00 e. The third-order valence-corrected chi connectivity index (χ3v) is 9.70. The molecule has 6 aromatic rings. The fraction of sp³-hybridized carbons (Fsp3) is 0.125. The third-order valence-electron chi connectivity index (χ3n) is 6.80. The monoisotopic (exact) mass is 718 g/mol. The van der Waals surface area contributed by atoms with Crippen LogP contribution < -0.4 is 21.1 Å². The van der Waals surface area contributed by atoms with Crippen molar-refractivity contribution in [2.45, 2.75) is 19.6 Å². The summed E-state index contributed by atoms with van der Waals surface area (Å²) < 4.78 is 11.7. The molecule has 0 amide bonds. The molecule has 0 radical (unpaired) electrons. The molecular weight excluding hydrogens is 696 g/mol. The van der Waals surface area contributed by atoms with Crippen LogP contribution in [0.1, 0.15) is 20.7 Å². The second kappa shape index (κ2) is 14.4. The second-order valence-electron chi connectivity index (χ2n) is 9.27. The van der Waals surface area contributed by atoms with Crippen LogP contribution >= 0.6 is 47.0 Å². The Morgan fingerprint density at radius 1 is 0.556 bits per heavy atom. The van der Waals surface area contributed by atoms with E-state index in [0.717, 1.165) is 19.6 Å². The maximum Gasteiger partial charge on any atom is 2.00 e. The summed E-state index contributed by atoms with van der Waals surface area (Å²) in [6.07, 6.45) is 7.70. The van der Waals surface area contributed by atoms with E-state index in [2.05, 4.69) is 0 Å². The van der Waals surface area contributed by atoms with E-state index in [1.165, 1.54) is 83.4 Å². The third kappa shape index (κ3) is 6.79. The Morgan fingerprint density at radius 3 is 1.24 bits per heavy atom. The van der Waals surface area contributed by atoms with Crippen LogP contribution in [0.3, 0.4) is 0 Å². The van der Waals surface area contributed by atoms with Gasteiger partial charge in [0, 0.05) is 9.79 Å². The zero-order chi connectivity index (χ0) is 31.7. The number of fused-ring (bicyclic) bond motifs is 4. The van der Waals surface area contributed by atoms with Gasteiger partial charge in [-0.25, -0.2) is 0 Å². The van der Waals surface area contributed by atoms with Gasteiger partial charge in [-0.05, 0) is 96.8 Å². The van der Waals surface area contributed by atoms with Crippen molar-refractivity contribution in [3.63, 3.8) is 0 Å². The number of hydrogen-bond acceptors (Lipinski definition) is 12. The van der Waals surface area contributed by atoms with Gasteiger partial charge in [0.2, 0.25) is 10.9 Å². The van der Waals surface area contributed by atoms with Crippen molar-refractivity contribution in [3.05, 3.63) is 92.2 Å². The van der Waals surface area contributed by atoms with Gasteiger partial charge < -0.3 is 28.6 Å². The van der Waals surface area contributed by atoms with E-state index in [9.17, 15) is 29.4 Å². The first-order chi connectivity index (χ1) is 21.1. The number of benzene rings is 4. The number of carbonyl (C=O) groups is 2. The maximum atomic E-state index is 12.7. The SMILES string of the molecule is CSc1cc(SC)c2oc3ccc(C(=O)[O-])cc3c(=O)c2c1.CSc1cc(SC)c2oc3ccc(C(=O)[O-])cc3c(=O)c2c1.[Fe+2]. The minimum Gasteiger partial charge on any atom is -0.545 e. The zero-order valence-electron chi connectivity index (χ0n) is 24.0. The molecule has 2 heterocycles. The summed E-state index contributed by atoms with van der Waals surface area (Å²) in [7, 11) is 0. The molecule has 0 unspecified atom stereocenters. The number of carbonyl (C=O) groups excluding carboxylic acids is 2. The van der Waals surface area contributed by atoms with Gasteiger partial charge in [0.15, 0.2) is 11.2 Å². The Balaban J connectivity index is 0.000000200. The Morgan fingerprint density at radius 2 is 0.933 bits per heavy atom. The smallest absolute Gasteiger partial charge is 0.545 e. The van der Waals surface area contributed by atoms with E-state index in [0.29, 0.717) is 33.1 Å². The van der Waals surface area contributed by atoms with Crippen LogP contribution in [-0.4, -0.2) is 37.0 Å². The number of thioether (sulfide) groups is 4. The predicted octanol–water partition coefficient (Wildman–Crippen LogP) is 5.50.